The van der Waals surface area contributed by atoms with Crippen LogP contribution in [0.25, 0.3) is 0 Å². The maximum atomic E-state index is 13.3. The van der Waals surface area contributed by atoms with E-state index in [9.17, 15) is 4.39 Å². The third kappa shape index (κ3) is 3.56. The minimum absolute atomic E-state index is 0.156. The molecular weight excluding hydrogens is 268 g/mol. The molecule has 78 valence electrons. The molecule has 0 N–H and O–H groups in total. The number of alkyl halides is 1. The van der Waals surface area contributed by atoms with Crippen LogP contribution in [0.1, 0.15) is 5.56 Å². The molecule has 1 aromatic carbocycles. The largest absolute Gasteiger partial charge is 0.293 e. The lowest BCUT2D eigenvalue weighted by Gasteiger charge is -2.12. The zero-order chi connectivity index (χ0) is 10.6. The summed E-state index contributed by atoms with van der Waals surface area (Å²) in [7, 11) is 1.91. The molecule has 0 aliphatic heterocycles. The molecule has 0 bridgehead atoms. The third-order valence-corrected chi connectivity index (χ3v) is 2.88. The van der Waals surface area contributed by atoms with E-state index in [1.54, 1.807) is 12.1 Å². The SMILES string of the molecule is CN(CCl)CCc1cc(Br)ccc1F. The molecule has 0 heterocycles. The molecular formula is C10H12BrClFN. The van der Waals surface area contributed by atoms with E-state index in [0.29, 0.717) is 12.4 Å². The second-order valence-electron chi connectivity index (χ2n) is 3.18. The molecule has 0 amide bonds. The van der Waals surface area contributed by atoms with Gasteiger partial charge in [0.25, 0.3) is 0 Å². The van der Waals surface area contributed by atoms with Gasteiger partial charge < -0.3 is 0 Å². The average molecular weight is 281 g/mol. The molecule has 0 radical (unpaired) electrons. The topological polar surface area (TPSA) is 3.24 Å². The molecule has 0 aliphatic carbocycles. The Morgan fingerprint density at radius 3 is 2.86 bits per heavy atom. The van der Waals surface area contributed by atoms with Crippen molar-refractivity contribution in [1.29, 1.82) is 0 Å². The van der Waals surface area contributed by atoms with Crippen LogP contribution < -0.4 is 0 Å². The van der Waals surface area contributed by atoms with Crippen molar-refractivity contribution < 1.29 is 4.39 Å². The second-order valence-corrected chi connectivity index (χ2v) is 4.34. The molecule has 1 nitrogen and oxygen atoms in total. The van der Waals surface area contributed by atoms with Crippen molar-refractivity contribution >= 4 is 27.5 Å². The highest BCUT2D eigenvalue weighted by molar-refractivity contribution is 9.10. The highest BCUT2D eigenvalue weighted by Crippen LogP contribution is 2.16. The van der Waals surface area contributed by atoms with Crippen LogP contribution in [-0.2, 0) is 6.42 Å². The van der Waals surface area contributed by atoms with Gasteiger partial charge in [0.1, 0.15) is 5.82 Å². The van der Waals surface area contributed by atoms with Gasteiger partial charge in [-0.2, -0.15) is 0 Å². The lowest BCUT2D eigenvalue weighted by molar-refractivity contribution is 0.391. The highest BCUT2D eigenvalue weighted by atomic mass is 79.9. The van der Waals surface area contributed by atoms with Crippen molar-refractivity contribution in [3.05, 3.63) is 34.1 Å². The van der Waals surface area contributed by atoms with Gasteiger partial charge in [-0.05, 0) is 37.2 Å². The summed E-state index contributed by atoms with van der Waals surface area (Å²) in [4.78, 5) is 1.93. The van der Waals surface area contributed by atoms with E-state index in [0.717, 1.165) is 16.6 Å². The summed E-state index contributed by atoms with van der Waals surface area (Å²) < 4.78 is 14.2. The summed E-state index contributed by atoms with van der Waals surface area (Å²) in [5, 5.41) is 0. The van der Waals surface area contributed by atoms with Gasteiger partial charge in [-0.3, -0.25) is 4.90 Å². The predicted octanol–water partition coefficient (Wildman–Crippen LogP) is 3.26. The summed E-state index contributed by atoms with van der Waals surface area (Å²) in [5.41, 5.74) is 0.719. The summed E-state index contributed by atoms with van der Waals surface area (Å²) in [5.74, 6) is -0.156. The van der Waals surface area contributed by atoms with E-state index in [2.05, 4.69) is 15.9 Å². The number of nitrogens with zero attached hydrogens (tertiary/aromatic N) is 1. The number of likely N-dealkylation sites (N-methyl/N-ethyl adjacent to an activating group) is 1. The van der Waals surface area contributed by atoms with Gasteiger partial charge in [-0.1, -0.05) is 15.9 Å². The van der Waals surface area contributed by atoms with Gasteiger partial charge in [0, 0.05) is 11.0 Å². The van der Waals surface area contributed by atoms with Gasteiger partial charge in [-0.15, -0.1) is 11.6 Å². The molecule has 14 heavy (non-hydrogen) atoms. The number of halogens is 3. The highest BCUT2D eigenvalue weighted by Gasteiger charge is 2.04. The first-order chi connectivity index (χ1) is 6.63. The monoisotopic (exact) mass is 279 g/mol. The van der Waals surface area contributed by atoms with Crippen LogP contribution in [0.3, 0.4) is 0 Å². The second kappa shape index (κ2) is 5.69. The standard InChI is InChI=1S/C10H12BrClFN/c1-14(7-12)5-4-8-6-9(11)2-3-10(8)13/h2-3,6H,4-5,7H2,1H3. The number of benzene rings is 1. The van der Waals surface area contributed by atoms with Crippen LogP contribution in [0, 0.1) is 5.82 Å². The zero-order valence-corrected chi connectivity index (χ0v) is 10.3. The first-order valence-corrected chi connectivity index (χ1v) is 5.64. The Kier molecular flexibility index (Phi) is 4.85. The van der Waals surface area contributed by atoms with Crippen LogP contribution in [0.15, 0.2) is 22.7 Å². The van der Waals surface area contributed by atoms with Crippen LogP contribution in [0.5, 0.6) is 0 Å². The fraction of sp³-hybridized carbons (Fsp3) is 0.400. The minimum atomic E-state index is -0.156. The molecule has 1 aromatic rings. The van der Waals surface area contributed by atoms with Crippen LogP contribution in [0.4, 0.5) is 4.39 Å². The fourth-order valence-corrected chi connectivity index (χ4v) is 1.63. The lowest BCUT2D eigenvalue weighted by Crippen LogP contribution is -2.19. The van der Waals surface area contributed by atoms with Crippen molar-refractivity contribution in [3.63, 3.8) is 0 Å². The van der Waals surface area contributed by atoms with Crippen molar-refractivity contribution in [2.24, 2.45) is 0 Å². The number of rotatable bonds is 4. The number of hydrogen-bond donors (Lipinski definition) is 0. The number of hydrogen-bond acceptors (Lipinski definition) is 1. The summed E-state index contributed by atoms with van der Waals surface area (Å²) >= 11 is 8.93. The summed E-state index contributed by atoms with van der Waals surface area (Å²) in [6.45, 7) is 0.761. The van der Waals surface area contributed by atoms with Gasteiger partial charge in [0.05, 0.1) is 6.00 Å². The Bertz CT molecular complexity index is 306. The summed E-state index contributed by atoms with van der Waals surface area (Å²) in [6.07, 6.45) is 0.675. The smallest absolute Gasteiger partial charge is 0.126 e. The van der Waals surface area contributed by atoms with E-state index in [1.165, 1.54) is 6.07 Å². The molecule has 0 saturated heterocycles. The van der Waals surface area contributed by atoms with Crippen LogP contribution >= 0.6 is 27.5 Å². The first-order valence-electron chi connectivity index (χ1n) is 4.32. The molecule has 0 atom stereocenters. The Morgan fingerprint density at radius 1 is 1.50 bits per heavy atom. The van der Waals surface area contributed by atoms with Gasteiger partial charge in [0.15, 0.2) is 0 Å². The third-order valence-electron chi connectivity index (χ3n) is 1.97. The van der Waals surface area contributed by atoms with Crippen LogP contribution in [-0.4, -0.2) is 24.5 Å². The van der Waals surface area contributed by atoms with E-state index in [-0.39, 0.29) is 5.82 Å². The van der Waals surface area contributed by atoms with Gasteiger partial charge >= 0.3 is 0 Å². The van der Waals surface area contributed by atoms with E-state index in [4.69, 9.17) is 11.6 Å². The molecule has 0 spiro atoms. The maximum absolute atomic E-state index is 13.3. The van der Waals surface area contributed by atoms with Crippen molar-refractivity contribution in [1.82, 2.24) is 4.90 Å². The first kappa shape index (κ1) is 12.0. The maximum Gasteiger partial charge on any atom is 0.126 e. The van der Waals surface area contributed by atoms with E-state index >= 15 is 0 Å². The molecule has 0 aromatic heterocycles. The van der Waals surface area contributed by atoms with Crippen molar-refractivity contribution in [2.75, 3.05) is 19.6 Å². The molecule has 4 heteroatoms. The Morgan fingerprint density at radius 2 is 2.21 bits per heavy atom. The zero-order valence-electron chi connectivity index (χ0n) is 7.93. The molecule has 0 fully saturated rings. The predicted molar refractivity (Wildman–Crippen MR) is 61.2 cm³/mol. The normalized spacial score (nSPS) is 10.9. The Balaban J connectivity index is 2.62. The molecule has 1 rings (SSSR count). The molecule has 0 saturated carbocycles. The minimum Gasteiger partial charge on any atom is -0.293 e. The Labute approximate surface area is 97.0 Å². The van der Waals surface area contributed by atoms with Gasteiger partial charge in [-0.25, -0.2) is 4.39 Å². The molecule has 0 aliphatic rings. The molecule has 0 unspecified atom stereocenters. The van der Waals surface area contributed by atoms with Gasteiger partial charge in [0.2, 0.25) is 0 Å². The fourth-order valence-electron chi connectivity index (χ4n) is 1.11. The van der Waals surface area contributed by atoms with Crippen LogP contribution in [0.2, 0.25) is 0 Å². The van der Waals surface area contributed by atoms with Crippen molar-refractivity contribution in [3.8, 4) is 0 Å². The van der Waals surface area contributed by atoms with Crippen molar-refractivity contribution in [2.45, 2.75) is 6.42 Å². The van der Waals surface area contributed by atoms with E-state index < -0.39 is 0 Å². The Hall–Kier alpha value is -0.120. The average Bonchev–Trinajstić information content (AvgIpc) is 2.19. The quantitative estimate of drug-likeness (QED) is 0.604. The lowest BCUT2D eigenvalue weighted by atomic mass is 10.1. The summed E-state index contributed by atoms with van der Waals surface area (Å²) in [6, 6.07) is 5.44. The van der Waals surface area contributed by atoms with E-state index in [1.807, 2.05) is 11.9 Å².